The highest BCUT2D eigenvalue weighted by Crippen LogP contribution is 2.23. The van der Waals surface area contributed by atoms with Crippen molar-refractivity contribution in [3.05, 3.63) is 62.9 Å². The van der Waals surface area contributed by atoms with Crippen LogP contribution in [0.15, 0.2) is 52.5 Å². The van der Waals surface area contributed by atoms with E-state index in [2.05, 4.69) is 27.6 Å². The van der Waals surface area contributed by atoms with Crippen LogP contribution in [0.25, 0.3) is 10.8 Å². The van der Waals surface area contributed by atoms with Gasteiger partial charge in [-0.1, -0.05) is 6.07 Å². The minimum Gasteiger partial charge on any atom is -0.455 e. The van der Waals surface area contributed by atoms with Crippen LogP contribution in [0.1, 0.15) is 16.1 Å². The molecule has 0 N–H and O–H groups in total. The van der Waals surface area contributed by atoms with E-state index in [4.69, 9.17) is 9.15 Å². The van der Waals surface area contributed by atoms with Gasteiger partial charge in [0.25, 0.3) is 0 Å². The van der Waals surface area contributed by atoms with E-state index in [0.717, 1.165) is 8.45 Å². The van der Waals surface area contributed by atoms with E-state index in [1.165, 1.54) is 6.26 Å². The number of nitrogens with zero attached hydrogens (tertiary/aromatic N) is 1. The maximum absolute atomic E-state index is 11.9. The Labute approximate surface area is 138 Å². The summed E-state index contributed by atoms with van der Waals surface area (Å²) in [6, 6.07) is 11.1. The number of hydrogen-bond donors (Lipinski definition) is 0. The fourth-order valence-corrected chi connectivity index (χ4v) is 2.71. The minimum atomic E-state index is -0.368. The third-order valence-electron chi connectivity index (χ3n) is 2.71. The van der Waals surface area contributed by atoms with Gasteiger partial charge in [-0.25, -0.2) is 9.78 Å². The molecule has 2 aromatic heterocycles. The van der Waals surface area contributed by atoms with Crippen molar-refractivity contribution in [1.29, 1.82) is 0 Å². The van der Waals surface area contributed by atoms with Gasteiger partial charge in [-0.15, -0.1) is 11.3 Å². The van der Waals surface area contributed by atoms with Crippen LogP contribution >= 0.6 is 33.9 Å². The molecule has 0 amide bonds. The molecule has 21 heavy (non-hydrogen) atoms. The second-order valence-electron chi connectivity index (χ2n) is 4.20. The van der Waals surface area contributed by atoms with Crippen molar-refractivity contribution in [1.82, 2.24) is 4.98 Å². The van der Waals surface area contributed by atoms with Gasteiger partial charge in [-0.3, -0.25) is 0 Å². The van der Waals surface area contributed by atoms with Crippen LogP contribution < -0.4 is 0 Å². The van der Waals surface area contributed by atoms with E-state index in [-0.39, 0.29) is 12.6 Å². The molecule has 3 aromatic rings. The molecule has 0 spiro atoms. The Balaban J connectivity index is 1.62. The van der Waals surface area contributed by atoms with Crippen molar-refractivity contribution < 1.29 is 13.9 Å². The zero-order valence-electron chi connectivity index (χ0n) is 10.8. The third-order valence-corrected chi connectivity index (χ3v) is 4.29. The molecule has 4 nitrogen and oxygen atoms in total. The van der Waals surface area contributed by atoms with Gasteiger partial charge in [0.15, 0.2) is 0 Å². The molecule has 0 unspecified atom stereocenters. The molecule has 2 heterocycles. The predicted molar refractivity (Wildman–Crippen MR) is 88.1 cm³/mol. The highest BCUT2D eigenvalue weighted by Gasteiger charge is 2.11. The first-order chi connectivity index (χ1) is 10.2. The van der Waals surface area contributed by atoms with E-state index in [1.807, 2.05) is 29.6 Å². The maximum atomic E-state index is 11.9. The van der Waals surface area contributed by atoms with Gasteiger partial charge >= 0.3 is 5.97 Å². The fourth-order valence-electron chi connectivity index (χ4n) is 1.70. The summed E-state index contributed by atoms with van der Waals surface area (Å²) in [7, 11) is 0. The number of aromatic nitrogens is 1. The smallest absolute Gasteiger partial charge is 0.338 e. The molecule has 0 aliphatic carbocycles. The zero-order valence-corrected chi connectivity index (χ0v) is 13.8. The summed E-state index contributed by atoms with van der Waals surface area (Å²) in [4.78, 5) is 17.1. The van der Waals surface area contributed by atoms with Crippen molar-refractivity contribution in [2.45, 2.75) is 6.61 Å². The van der Waals surface area contributed by atoms with E-state index >= 15 is 0 Å². The number of hydrogen-bond acceptors (Lipinski definition) is 5. The van der Waals surface area contributed by atoms with Crippen LogP contribution in [0, 0.1) is 3.57 Å². The molecule has 0 aliphatic heterocycles. The maximum Gasteiger partial charge on any atom is 0.338 e. The van der Waals surface area contributed by atoms with Crippen LogP contribution in [0.3, 0.4) is 0 Å². The summed E-state index contributed by atoms with van der Waals surface area (Å²) >= 11 is 3.73. The molecular formula is C15H10INO3S. The number of rotatable bonds is 4. The SMILES string of the molecule is O=C(OCc1coc(-c2cccs2)n1)c1ccc(I)cc1. The molecular weight excluding hydrogens is 401 g/mol. The molecule has 0 aliphatic rings. The lowest BCUT2D eigenvalue weighted by molar-refractivity contribution is 0.0467. The summed E-state index contributed by atoms with van der Waals surface area (Å²) in [5.41, 5.74) is 1.12. The number of esters is 1. The summed E-state index contributed by atoms with van der Waals surface area (Å²) in [5, 5.41) is 1.95. The van der Waals surface area contributed by atoms with E-state index in [9.17, 15) is 4.79 Å². The second-order valence-corrected chi connectivity index (χ2v) is 6.40. The molecule has 0 radical (unpaired) electrons. The Hall–Kier alpha value is -1.67. The average Bonchev–Trinajstić information content (AvgIpc) is 3.16. The summed E-state index contributed by atoms with van der Waals surface area (Å²) in [5.74, 6) is 0.178. The zero-order chi connectivity index (χ0) is 14.7. The van der Waals surface area contributed by atoms with Crippen molar-refractivity contribution in [3.63, 3.8) is 0 Å². The predicted octanol–water partition coefficient (Wildman–Crippen LogP) is 4.36. The van der Waals surface area contributed by atoms with Gasteiger partial charge in [0.1, 0.15) is 18.6 Å². The Morgan fingerprint density at radius 3 is 2.81 bits per heavy atom. The second kappa shape index (κ2) is 6.40. The molecule has 106 valence electrons. The Morgan fingerprint density at radius 2 is 2.10 bits per heavy atom. The number of benzene rings is 1. The lowest BCUT2D eigenvalue weighted by atomic mass is 10.2. The van der Waals surface area contributed by atoms with E-state index in [0.29, 0.717) is 17.1 Å². The number of carbonyl (C=O) groups excluding carboxylic acids is 1. The van der Waals surface area contributed by atoms with Crippen LogP contribution in [-0.4, -0.2) is 11.0 Å². The lowest BCUT2D eigenvalue weighted by Crippen LogP contribution is -2.05. The van der Waals surface area contributed by atoms with Crippen molar-refractivity contribution in [3.8, 4) is 10.8 Å². The molecule has 6 heteroatoms. The number of carbonyl (C=O) groups is 1. The van der Waals surface area contributed by atoms with E-state index < -0.39 is 0 Å². The monoisotopic (exact) mass is 411 g/mol. The van der Waals surface area contributed by atoms with Crippen LogP contribution in [0.4, 0.5) is 0 Å². The molecule has 0 saturated carbocycles. The first-order valence-electron chi connectivity index (χ1n) is 6.13. The summed E-state index contributed by atoms with van der Waals surface area (Å²) in [6.07, 6.45) is 1.51. The van der Waals surface area contributed by atoms with Crippen molar-refractivity contribution in [2.24, 2.45) is 0 Å². The highest BCUT2D eigenvalue weighted by atomic mass is 127. The fraction of sp³-hybridized carbons (Fsp3) is 0.0667. The Morgan fingerprint density at radius 1 is 1.29 bits per heavy atom. The Kier molecular flexibility index (Phi) is 4.35. The normalized spacial score (nSPS) is 10.5. The number of halogens is 1. The van der Waals surface area contributed by atoms with Gasteiger partial charge in [-0.05, 0) is 58.3 Å². The van der Waals surface area contributed by atoms with Crippen LogP contribution in [0.2, 0.25) is 0 Å². The van der Waals surface area contributed by atoms with Gasteiger partial charge in [0.2, 0.25) is 5.89 Å². The number of ether oxygens (including phenoxy) is 1. The quantitative estimate of drug-likeness (QED) is 0.473. The average molecular weight is 411 g/mol. The standard InChI is InChI=1S/C15H10INO3S/c16-11-5-3-10(4-6-11)15(18)20-9-12-8-19-14(17-12)13-2-1-7-21-13/h1-8H,9H2. The minimum absolute atomic E-state index is 0.0969. The first-order valence-corrected chi connectivity index (χ1v) is 8.09. The highest BCUT2D eigenvalue weighted by molar-refractivity contribution is 14.1. The van der Waals surface area contributed by atoms with E-state index in [1.54, 1.807) is 23.5 Å². The number of oxazole rings is 1. The largest absolute Gasteiger partial charge is 0.455 e. The molecule has 0 bridgehead atoms. The van der Waals surface area contributed by atoms with Gasteiger partial charge < -0.3 is 9.15 Å². The molecule has 0 saturated heterocycles. The topological polar surface area (TPSA) is 52.3 Å². The lowest BCUT2D eigenvalue weighted by Gasteiger charge is -2.02. The molecule has 0 atom stereocenters. The van der Waals surface area contributed by atoms with Gasteiger partial charge in [0, 0.05) is 3.57 Å². The Bertz CT molecular complexity index is 735. The molecule has 0 fully saturated rings. The van der Waals surface area contributed by atoms with Crippen LogP contribution in [-0.2, 0) is 11.3 Å². The first kappa shape index (κ1) is 14.3. The van der Waals surface area contributed by atoms with Gasteiger partial charge in [-0.2, -0.15) is 0 Å². The van der Waals surface area contributed by atoms with Crippen LogP contribution in [0.5, 0.6) is 0 Å². The summed E-state index contributed by atoms with van der Waals surface area (Å²) in [6.45, 7) is 0.0969. The van der Waals surface area contributed by atoms with Gasteiger partial charge in [0.05, 0.1) is 10.4 Å². The third kappa shape index (κ3) is 3.51. The van der Waals surface area contributed by atoms with Crippen molar-refractivity contribution >= 4 is 39.9 Å². The molecule has 3 rings (SSSR count). The van der Waals surface area contributed by atoms with Crippen molar-refractivity contribution in [2.75, 3.05) is 0 Å². The number of thiophene rings is 1. The molecule has 1 aromatic carbocycles. The summed E-state index contributed by atoms with van der Waals surface area (Å²) < 4.78 is 11.7.